The van der Waals surface area contributed by atoms with Crippen molar-refractivity contribution in [2.24, 2.45) is 0 Å². The number of carbonyl (C=O) groups is 1. The van der Waals surface area contributed by atoms with Crippen molar-refractivity contribution in [3.8, 4) is 0 Å². The Morgan fingerprint density at radius 2 is 1.76 bits per heavy atom. The first kappa shape index (κ1) is 12.0. The van der Waals surface area contributed by atoms with Crippen LogP contribution in [0, 0.1) is 12.7 Å². The zero-order valence-corrected chi connectivity index (χ0v) is 10.8. The fourth-order valence-electron chi connectivity index (χ4n) is 1.60. The van der Waals surface area contributed by atoms with Gasteiger partial charge in [-0.1, -0.05) is 22.0 Å². The number of benzene rings is 2. The number of carbonyl (C=O) groups excluding carboxylic acids is 1. The molecule has 0 heterocycles. The minimum absolute atomic E-state index is 0.0937. The summed E-state index contributed by atoms with van der Waals surface area (Å²) in [5, 5.41) is 0. The number of rotatable bonds is 2. The lowest BCUT2D eigenvalue weighted by Crippen LogP contribution is -2.03. The Morgan fingerprint density at radius 1 is 1.12 bits per heavy atom. The van der Waals surface area contributed by atoms with Gasteiger partial charge in [0.25, 0.3) is 0 Å². The van der Waals surface area contributed by atoms with E-state index in [0.717, 1.165) is 10.0 Å². The minimum atomic E-state index is -0.340. The van der Waals surface area contributed by atoms with Gasteiger partial charge in [0.05, 0.1) is 0 Å². The Balaban J connectivity index is 2.43. The summed E-state index contributed by atoms with van der Waals surface area (Å²) in [6.07, 6.45) is 0. The molecule has 0 amide bonds. The lowest BCUT2D eigenvalue weighted by atomic mass is 9.99. The molecule has 0 bridgehead atoms. The highest BCUT2D eigenvalue weighted by Gasteiger charge is 2.11. The molecule has 0 spiro atoms. The monoisotopic (exact) mass is 292 g/mol. The van der Waals surface area contributed by atoms with E-state index in [4.69, 9.17) is 0 Å². The van der Waals surface area contributed by atoms with Crippen LogP contribution in [0.1, 0.15) is 21.5 Å². The van der Waals surface area contributed by atoms with Crippen LogP contribution in [0.3, 0.4) is 0 Å². The Kier molecular flexibility index (Phi) is 3.38. The molecule has 2 aromatic carbocycles. The van der Waals surface area contributed by atoms with E-state index < -0.39 is 0 Å². The number of ketones is 1. The van der Waals surface area contributed by atoms with E-state index in [-0.39, 0.29) is 11.6 Å². The lowest BCUT2D eigenvalue weighted by molar-refractivity contribution is 0.103. The second kappa shape index (κ2) is 4.80. The van der Waals surface area contributed by atoms with Crippen molar-refractivity contribution >= 4 is 21.7 Å². The maximum Gasteiger partial charge on any atom is 0.193 e. The van der Waals surface area contributed by atoms with Crippen LogP contribution in [0.15, 0.2) is 46.9 Å². The summed E-state index contributed by atoms with van der Waals surface area (Å²) < 4.78 is 13.6. The average molecular weight is 293 g/mol. The lowest BCUT2D eigenvalue weighted by Gasteiger charge is -2.05. The van der Waals surface area contributed by atoms with E-state index in [2.05, 4.69) is 15.9 Å². The largest absolute Gasteiger partial charge is 0.289 e. The molecule has 0 aromatic heterocycles. The van der Waals surface area contributed by atoms with E-state index in [1.54, 1.807) is 6.07 Å². The molecule has 0 aliphatic heterocycles. The third-order valence-corrected chi connectivity index (χ3v) is 3.04. The van der Waals surface area contributed by atoms with Gasteiger partial charge >= 0.3 is 0 Å². The summed E-state index contributed by atoms with van der Waals surface area (Å²) >= 11 is 3.34. The highest BCUT2D eigenvalue weighted by atomic mass is 79.9. The first-order valence-electron chi connectivity index (χ1n) is 5.14. The van der Waals surface area contributed by atoms with E-state index >= 15 is 0 Å². The van der Waals surface area contributed by atoms with Crippen molar-refractivity contribution in [1.29, 1.82) is 0 Å². The van der Waals surface area contributed by atoms with Gasteiger partial charge in [0, 0.05) is 15.6 Å². The standard InChI is InChI=1S/C14H10BrFO/c1-9-2-5-11(15)8-13(9)14(17)10-3-6-12(16)7-4-10/h2-8H,1H3. The fourth-order valence-corrected chi connectivity index (χ4v) is 1.96. The summed E-state index contributed by atoms with van der Waals surface area (Å²) in [5.74, 6) is -0.434. The van der Waals surface area contributed by atoms with E-state index in [9.17, 15) is 9.18 Å². The predicted molar refractivity (Wildman–Crippen MR) is 68.7 cm³/mol. The molecule has 2 aromatic rings. The van der Waals surface area contributed by atoms with Crippen LogP contribution in [-0.2, 0) is 0 Å². The fraction of sp³-hybridized carbons (Fsp3) is 0.0714. The first-order chi connectivity index (χ1) is 8.08. The molecule has 0 radical (unpaired) electrons. The van der Waals surface area contributed by atoms with Gasteiger partial charge in [-0.25, -0.2) is 4.39 Å². The van der Waals surface area contributed by atoms with Crippen molar-refractivity contribution in [2.75, 3.05) is 0 Å². The first-order valence-corrected chi connectivity index (χ1v) is 5.93. The highest BCUT2D eigenvalue weighted by Crippen LogP contribution is 2.19. The quantitative estimate of drug-likeness (QED) is 0.761. The van der Waals surface area contributed by atoms with E-state index in [1.807, 2.05) is 19.1 Å². The normalized spacial score (nSPS) is 10.3. The molecule has 1 nitrogen and oxygen atoms in total. The Morgan fingerprint density at radius 3 is 2.41 bits per heavy atom. The van der Waals surface area contributed by atoms with Crippen LogP contribution >= 0.6 is 15.9 Å². The molecule has 0 atom stereocenters. The summed E-state index contributed by atoms with van der Waals surface area (Å²) in [6.45, 7) is 1.88. The van der Waals surface area contributed by atoms with Crippen molar-refractivity contribution in [1.82, 2.24) is 0 Å². The maximum atomic E-state index is 12.8. The van der Waals surface area contributed by atoms with Gasteiger partial charge in [-0.2, -0.15) is 0 Å². The van der Waals surface area contributed by atoms with Gasteiger partial charge in [0.15, 0.2) is 5.78 Å². The van der Waals surface area contributed by atoms with Crippen LogP contribution in [0.4, 0.5) is 4.39 Å². The number of hydrogen-bond donors (Lipinski definition) is 0. The van der Waals surface area contributed by atoms with Crippen LogP contribution in [-0.4, -0.2) is 5.78 Å². The Bertz CT molecular complexity index is 561. The summed E-state index contributed by atoms with van der Waals surface area (Å²) in [4.78, 5) is 12.2. The topological polar surface area (TPSA) is 17.1 Å². The highest BCUT2D eigenvalue weighted by molar-refractivity contribution is 9.10. The third kappa shape index (κ3) is 2.61. The number of halogens is 2. The van der Waals surface area contributed by atoms with E-state index in [0.29, 0.717) is 11.1 Å². The molecule has 2 rings (SSSR count). The molecule has 0 N–H and O–H groups in total. The predicted octanol–water partition coefficient (Wildman–Crippen LogP) is 4.13. The molecular formula is C14H10BrFO. The molecule has 86 valence electrons. The molecule has 0 unspecified atom stereocenters. The van der Waals surface area contributed by atoms with E-state index in [1.165, 1.54) is 24.3 Å². The summed E-state index contributed by atoms with van der Waals surface area (Å²) in [6, 6.07) is 11.1. The minimum Gasteiger partial charge on any atom is -0.289 e. The van der Waals surface area contributed by atoms with Crippen LogP contribution in [0.25, 0.3) is 0 Å². The van der Waals surface area contributed by atoms with Gasteiger partial charge < -0.3 is 0 Å². The molecule has 0 saturated carbocycles. The van der Waals surface area contributed by atoms with Gasteiger partial charge in [0.2, 0.25) is 0 Å². The number of aryl methyl sites for hydroxylation is 1. The molecule has 0 fully saturated rings. The molecular weight excluding hydrogens is 283 g/mol. The molecule has 0 aliphatic carbocycles. The zero-order chi connectivity index (χ0) is 12.4. The second-order valence-corrected chi connectivity index (χ2v) is 4.71. The number of hydrogen-bond acceptors (Lipinski definition) is 1. The smallest absolute Gasteiger partial charge is 0.193 e. The average Bonchev–Trinajstić information content (AvgIpc) is 2.32. The van der Waals surface area contributed by atoms with Gasteiger partial charge in [-0.15, -0.1) is 0 Å². The van der Waals surface area contributed by atoms with Crippen LogP contribution in [0.5, 0.6) is 0 Å². The van der Waals surface area contributed by atoms with Crippen molar-refractivity contribution in [3.05, 3.63) is 69.4 Å². The van der Waals surface area contributed by atoms with Crippen molar-refractivity contribution in [3.63, 3.8) is 0 Å². The van der Waals surface area contributed by atoms with Gasteiger partial charge in [-0.05, 0) is 48.9 Å². The van der Waals surface area contributed by atoms with Crippen LogP contribution < -0.4 is 0 Å². The molecule has 0 aliphatic rings. The van der Waals surface area contributed by atoms with Crippen molar-refractivity contribution < 1.29 is 9.18 Å². The van der Waals surface area contributed by atoms with Gasteiger partial charge in [0.1, 0.15) is 5.82 Å². The van der Waals surface area contributed by atoms with Crippen molar-refractivity contribution in [2.45, 2.75) is 6.92 Å². The molecule has 17 heavy (non-hydrogen) atoms. The maximum absolute atomic E-state index is 12.8. The summed E-state index contributed by atoms with van der Waals surface area (Å²) in [7, 11) is 0. The Hall–Kier alpha value is -1.48. The molecule has 3 heteroatoms. The summed E-state index contributed by atoms with van der Waals surface area (Å²) in [5.41, 5.74) is 2.03. The SMILES string of the molecule is Cc1ccc(Br)cc1C(=O)c1ccc(F)cc1. The third-order valence-electron chi connectivity index (χ3n) is 2.55. The zero-order valence-electron chi connectivity index (χ0n) is 9.21. The van der Waals surface area contributed by atoms with Gasteiger partial charge in [-0.3, -0.25) is 4.79 Å². The second-order valence-electron chi connectivity index (χ2n) is 3.80. The Labute approximate surface area is 107 Å². The molecule has 0 saturated heterocycles. The van der Waals surface area contributed by atoms with Crippen LogP contribution in [0.2, 0.25) is 0 Å².